The van der Waals surface area contributed by atoms with Crippen LogP contribution < -0.4 is 0 Å². The second-order valence-electron chi connectivity index (χ2n) is 7.19. The van der Waals surface area contributed by atoms with E-state index in [4.69, 9.17) is 4.74 Å². The number of esters is 1. The van der Waals surface area contributed by atoms with Gasteiger partial charge in [-0.25, -0.2) is 4.79 Å². The fourth-order valence-corrected chi connectivity index (χ4v) is 5.55. The second-order valence-corrected chi connectivity index (χ2v) is 7.19. The van der Waals surface area contributed by atoms with Gasteiger partial charge >= 0.3 is 5.97 Å². The predicted octanol–water partition coefficient (Wildman–Crippen LogP) is 3.86. The van der Waals surface area contributed by atoms with Crippen LogP contribution in [0, 0.1) is 35.5 Å². The van der Waals surface area contributed by atoms with Crippen molar-refractivity contribution in [1.82, 2.24) is 0 Å². The van der Waals surface area contributed by atoms with E-state index in [0.29, 0.717) is 12.2 Å². The zero-order valence-electron chi connectivity index (χ0n) is 12.5. The molecule has 0 heterocycles. The summed E-state index contributed by atoms with van der Waals surface area (Å²) in [4.78, 5) is 11.9. The van der Waals surface area contributed by atoms with Gasteiger partial charge in [0.25, 0.3) is 0 Å². The molecule has 6 atom stereocenters. The van der Waals surface area contributed by atoms with Gasteiger partial charge in [0.05, 0.1) is 5.56 Å². The number of carbonyl (C=O) groups is 1. The van der Waals surface area contributed by atoms with E-state index in [2.05, 4.69) is 18.2 Å². The van der Waals surface area contributed by atoms with Crippen LogP contribution in [0.2, 0.25) is 0 Å². The van der Waals surface area contributed by atoms with E-state index in [1.54, 1.807) is 17.7 Å². The number of carbonyl (C=O) groups excluding carboxylic acids is 1. The molecule has 3 fully saturated rings. The largest absolute Gasteiger partial charge is 0.458 e. The van der Waals surface area contributed by atoms with Crippen molar-refractivity contribution in [3.63, 3.8) is 0 Å². The fourth-order valence-electron chi connectivity index (χ4n) is 5.55. The second kappa shape index (κ2) is 4.58. The van der Waals surface area contributed by atoms with Crippen LogP contribution >= 0.6 is 0 Å². The van der Waals surface area contributed by atoms with Gasteiger partial charge in [-0.05, 0) is 66.6 Å². The highest BCUT2D eigenvalue weighted by molar-refractivity contribution is 5.89. The molecule has 0 amide bonds. The van der Waals surface area contributed by atoms with Crippen LogP contribution in [-0.2, 0) is 4.74 Å². The Morgan fingerprint density at radius 2 is 1.95 bits per heavy atom. The van der Waals surface area contributed by atoms with Gasteiger partial charge in [0.2, 0.25) is 0 Å². The van der Waals surface area contributed by atoms with Crippen molar-refractivity contribution in [2.75, 3.05) is 6.61 Å². The molecule has 6 unspecified atom stereocenters. The molecule has 0 N–H and O–H groups in total. The Labute approximate surface area is 130 Å². The van der Waals surface area contributed by atoms with Crippen LogP contribution in [-0.4, -0.2) is 12.6 Å². The van der Waals surface area contributed by atoms with Crippen LogP contribution in [0.1, 0.15) is 23.2 Å². The van der Waals surface area contributed by atoms with Crippen molar-refractivity contribution < 1.29 is 9.53 Å². The lowest BCUT2D eigenvalue weighted by Gasteiger charge is -2.22. The molecule has 0 spiro atoms. The molecule has 22 heavy (non-hydrogen) atoms. The van der Waals surface area contributed by atoms with Gasteiger partial charge in [0, 0.05) is 0 Å². The number of rotatable bonds is 3. The quantitative estimate of drug-likeness (QED) is 0.624. The van der Waals surface area contributed by atoms with Crippen LogP contribution in [0.4, 0.5) is 0 Å². The first kappa shape index (κ1) is 12.7. The van der Waals surface area contributed by atoms with Crippen LogP contribution in [0.3, 0.4) is 0 Å². The Morgan fingerprint density at radius 1 is 1.14 bits per heavy atom. The topological polar surface area (TPSA) is 26.3 Å². The van der Waals surface area contributed by atoms with Gasteiger partial charge in [-0.15, -0.1) is 0 Å². The lowest BCUT2D eigenvalue weighted by atomic mass is 9.82. The predicted molar refractivity (Wildman–Crippen MR) is 84.1 cm³/mol. The maximum absolute atomic E-state index is 11.9. The third-order valence-corrected chi connectivity index (χ3v) is 6.36. The maximum atomic E-state index is 11.9. The lowest BCUT2D eigenvalue weighted by Crippen LogP contribution is -2.18. The highest BCUT2D eigenvalue weighted by Crippen LogP contribution is 2.74. The molecule has 1 aromatic rings. The molecule has 3 saturated carbocycles. The van der Waals surface area contributed by atoms with Gasteiger partial charge in [0.15, 0.2) is 0 Å². The molecule has 0 aromatic heterocycles. The van der Waals surface area contributed by atoms with Gasteiger partial charge in [0.1, 0.15) is 6.61 Å². The summed E-state index contributed by atoms with van der Waals surface area (Å²) in [7, 11) is 0. The Bertz CT molecular complexity index is 672. The molecule has 1 aromatic carbocycles. The minimum Gasteiger partial charge on any atom is -0.458 e. The first-order valence-electron chi connectivity index (χ1n) is 8.43. The fraction of sp³-hybridized carbons (Fsp3) is 0.450. The highest BCUT2D eigenvalue weighted by Gasteiger charge is 2.67. The summed E-state index contributed by atoms with van der Waals surface area (Å²) in [5, 5.41) is 0. The molecule has 4 aliphatic carbocycles. The molecular formula is C20H20O2. The summed E-state index contributed by atoms with van der Waals surface area (Å²) >= 11 is 0. The molecule has 4 aliphatic rings. The summed E-state index contributed by atoms with van der Waals surface area (Å²) < 4.78 is 5.40. The highest BCUT2D eigenvalue weighted by atomic mass is 16.5. The first-order valence-corrected chi connectivity index (χ1v) is 8.43. The SMILES string of the molecule is O=C(OC/C=C1\C2C3CC(C4CC=CC43)C12)c1ccccc1. The van der Waals surface area contributed by atoms with E-state index in [-0.39, 0.29) is 5.97 Å². The number of fused-ring (bicyclic) bond motifs is 8. The van der Waals surface area contributed by atoms with Crippen molar-refractivity contribution >= 4 is 5.97 Å². The molecule has 2 heteroatoms. The normalized spacial score (nSPS) is 41.5. The molecule has 2 nitrogen and oxygen atoms in total. The molecular weight excluding hydrogens is 272 g/mol. The smallest absolute Gasteiger partial charge is 0.338 e. The summed E-state index contributed by atoms with van der Waals surface area (Å²) in [5.74, 6) is 4.98. The van der Waals surface area contributed by atoms with E-state index < -0.39 is 0 Å². The number of hydrogen-bond donors (Lipinski definition) is 0. The average molecular weight is 292 g/mol. The zero-order chi connectivity index (χ0) is 14.7. The molecule has 5 rings (SSSR count). The van der Waals surface area contributed by atoms with E-state index in [9.17, 15) is 4.79 Å². The van der Waals surface area contributed by atoms with Gasteiger partial charge in [-0.2, -0.15) is 0 Å². The standard InChI is InChI=1S/C20H20O2/c21-20(12-5-2-1-3-6-12)22-10-9-15-18-16-11-17(19(15)18)14-8-4-7-13(14)16/h1-7,9,13-14,16-19H,8,10-11H2/b15-9+. The van der Waals surface area contributed by atoms with Crippen molar-refractivity contribution in [2.24, 2.45) is 35.5 Å². The summed E-state index contributed by atoms with van der Waals surface area (Å²) in [5.41, 5.74) is 2.22. The van der Waals surface area contributed by atoms with Crippen molar-refractivity contribution in [2.45, 2.75) is 12.8 Å². The number of benzene rings is 1. The van der Waals surface area contributed by atoms with Gasteiger partial charge in [-0.3, -0.25) is 0 Å². The Morgan fingerprint density at radius 3 is 2.82 bits per heavy atom. The monoisotopic (exact) mass is 292 g/mol. The third-order valence-electron chi connectivity index (χ3n) is 6.36. The minimum absolute atomic E-state index is 0.217. The number of allylic oxidation sites excluding steroid dienone is 3. The van der Waals surface area contributed by atoms with Crippen molar-refractivity contribution in [1.29, 1.82) is 0 Å². The number of hydrogen-bond acceptors (Lipinski definition) is 2. The molecule has 0 radical (unpaired) electrons. The van der Waals surface area contributed by atoms with E-state index in [1.165, 1.54) is 12.8 Å². The number of ether oxygens (including phenoxy) is 1. The van der Waals surface area contributed by atoms with Gasteiger partial charge < -0.3 is 4.74 Å². The van der Waals surface area contributed by atoms with E-state index in [0.717, 1.165) is 35.5 Å². The van der Waals surface area contributed by atoms with Crippen molar-refractivity contribution in [3.8, 4) is 0 Å². The first-order chi connectivity index (χ1) is 10.8. The molecule has 0 saturated heterocycles. The van der Waals surface area contributed by atoms with Gasteiger partial charge in [-0.1, -0.05) is 35.9 Å². The Balaban J connectivity index is 1.23. The van der Waals surface area contributed by atoms with Crippen LogP contribution in [0.25, 0.3) is 0 Å². The van der Waals surface area contributed by atoms with Crippen LogP contribution in [0.5, 0.6) is 0 Å². The Kier molecular flexibility index (Phi) is 2.64. The van der Waals surface area contributed by atoms with Crippen LogP contribution in [0.15, 0.2) is 54.1 Å². The molecule has 0 aliphatic heterocycles. The summed E-state index contributed by atoms with van der Waals surface area (Å²) in [6.45, 7) is 0.431. The molecule has 2 bridgehead atoms. The molecule has 112 valence electrons. The van der Waals surface area contributed by atoms with E-state index >= 15 is 0 Å². The average Bonchev–Trinajstić information content (AvgIpc) is 2.92. The van der Waals surface area contributed by atoms with Crippen molar-refractivity contribution in [3.05, 3.63) is 59.7 Å². The van der Waals surface area contributed by atoms with E-state index in [1.807, 2.05) is 18.2 Å². The Hall–Kier alpha value is -1.83. The maximum Gasteiger partial charge on any atom is 0.338 e. The third kappa shape index (κ3) is 1.70. The lowest BCUT2D eigenvalue weighted by molar-refractivity contribution is 0.0549. The minimum atomic E-state index is -0.217. The summed E-state index contributed by atoms with van der Waals surface area (Å²) in [6, 6.07) is 9.24. The zero-order valence-corrected chi connectivity index (χ0v) is 12.5. The summed E-state index contributed by atoms with van der Waals surface area (Å²) in [6.07, 6.45) is 9.79.